The van der Waals surface area contributed by atoms with E-state index in [1.54, 1.807) is 24.5 Å². The fourth-order valence-electron chi connectivity index (χ4n) is 0.732. The third kappa shape index (κ3) is 1.97. The molecule has 1 heterocycles. The topological polar surface area (TPSA) is 44.9 Å². The third-order valence-corrected chi connectivity index (χ3v) is 1.27. The summed E-state index contributed by atoms with van der Waals surface area (Å²) < 4.78 is 0. The van der Waals surface area contributed by atoms with Crippen molar-refractivity contribution in [1.82, 2.24) is 10.3 Å². The highest BCUT2D eigenvalue weighted by Gasteiger charge is 2.01. The average Bonchev–Trinajstić information content (AvgIpc) is 2.52. The Bertz CT molecular complexity index is 239. The van der Waals surface area contributed by atoms with Crippen LogP contribution in [-0.4, -0.2) is 17.4 Å². The molecule has 2 N–H and O–H groups in total. The molecule has 3 nitrogen and oxygen atoms in total. The minimum absolute atomic E-state index is 0.0776. The maximum Gasteiger partial charge on any atom is 0.253 e. The second-order valence-electron chi connectivity index (χ2n) is 2.10. The lowest BCUT2D eigenvalue weighted by Crippen LogP contribution is -2.22. The molecule has 0 bridgehead atoms. The van der Waals surface area contributed by atoms with Crippen molar-refractivity contribution in [3.63, 3.8) is 0 Å². The number of hydrogen-bond donors (Lipinski definition) is 2. The molecule has 0 aliphatic heterocycles. The van der Waals surface area contributed by atoms with Gasteiger partial charge in [-0.3, -0.25) is 4.79 Å². The molecule has 0 unspecified atom stereocenters. The predicted molar refractivity (Wildman–Crippen MR) is 43.3 cm³/mol. The van der Waals surface area contributed by atoms with E-state index in [0.29, 0.717) is 12.1 Å². The lowest BCUT2D eigenvalue weighted by atomic mass is 10.3. The standard InChI is InChI=1S/C8H10N2O/c1-2-4-10-8(11)7-3-5-9-6-7/h2-3,5-6,9H,1,4H2,(H,10,11). The molecule has 0 radical (unpaired) electrons. The van der Waals surface area contributed by atoms with Crippen LogP contribution in [0.15, 0.2) is 31.1 Å². The van der Waals surface area contributed by atoms with Gasteiger partial charge in [0, 0.05) is 18.9 Å². The van der Waals surface area contributed by atoms with Crippen LogP contribution in [0.25, 0.3) is 0 Å². The SMILES string of the molecule is C=CCNC(=O)c1cc[nH]c1. The fraction of sp³-hybridized carbons (Fsp3) is 0.125. The third-order valence-electron chi connectivity index (χ3n) is 1.27. The summed E-state index contributed by atoms with van der Waals surface area (Å²) in [4.78, 5) is 13.9. The van der Waals surface area contributed by atoms with Crippen molar-refractivity contribution in [2.45, 2.75) is 0 Å². The Balaban J connectivity index is 2.49. The largest absolute Gasteiger partial charge is 0.367 e. The first-order chi connectivity index (χ1) is 5.34. The van der Waals surface area contributed by atoms with Crippen molar-refractivity contribution in [1.29, 1.82) is 0 Å². The maximum absolute atomic E-state index is 11.1. The molecule has 0 atom stereocenters. The van der Waals surface area contributed by atoms with Gasteiger partial charge in [0.15, 0.2) is 0 Å². The zero-order valence-electron chi connectivity index (χ0n) is 6.13. The Labute approximate surface area is 65.1 Å². The molecule has 0 saturated carbocycles. The number of nitrogens with one attached hydrogen (secondary N) is 2. The summed E-state index contributed by atoms with van der Waals surface area (Å²) in [5, 5.41) is 2.66. The molecular weight excluding hydrogens is 140 g/mol. The number of rotatable bonds is 3. The number of carbonyl (C=O) groups is 1. The van der Waals surface area contributed by atoms with Crippen molar-refractivity contribution in [3.8, 4) is 0 Å². The molecule has 11 heavy (non-hydrogen) atoms. The average molecular weight is 150 g/mol. The first kappa shape index (κ1) is 7.60. The minimum Gasteiger partial charge on any atom is -0.367 e. The number of aromatic nitrogens is 1. The van der Waals surface area contributed by atoms with Crippen LogP contribution in [0.2, 0.25) is 0 Å². The Morgan fingerprint density at radius 3 is 3.18 bits per heavy atom. The van der Waals surface area contributed by atoms with E-state index in [4.69, 9.17) is 0 Å². The molecule has 1 amide bonds. The first-order valence-electron chi connectivity index (χ1n) is 3.36. The van der Waals surface area contributed by atoms with Crippen LogP contribution in [-0.2, 0) is 0 Å². The molecule has 0 aromatic carbocycles. The van der Waals surface area contributed by atoms with Crippen molar-refractivity contribution in [3.05, 3.63) is 36.7 Å². The summed E-state index contributed by atoms with van der Waals surface area (Å²) in [6, 6.07) is 1.72. The molecule has 1 aromatic heterocycles. The summed E-state index contributed by atoms with van der Waals surface area (Å²) >= 11 is 0. The molecule has 0 saturated heterocycles. The molecule has 3 heteroatoms. The van der Waals surface area contributed by atoms with Crippen LogP contribution in [0, 0.1) is 0 Å². The van der Waals surface area contributed by atoms with Gasteiger partial charge in [-0.1, -0.05) is 6.08 Å². The van der Waals surface area contributed by atoms with Gasteiger partial charge in [0.2, 0.25) is 0 Å². The molecule has 0 aliphatic carbocycles. The smallest absolute Gasteiger partial charge is 0.253 e. The monoisotopic (exact) mass is 150 g/mol. The predicted octanol–water partition coefficient (Wildman–Crippen LogP) is 0.931. The Hall–Kier alpha value is -1.51. The van der Waals surface area contributed by atoms with Gasteiger partial charge in [-0.05, 0) is 6.07 Å². The highest BCUT2D eigenvalue weighted by molar-refractivity contribution is 5.93. The van der Waals surface area contributed by atoms with Crippen molar-refractivity contribution >= 4 is 5.91 Å². The van der Waals surface area contributed by atoms with Crippen LogP contribution in [0.4, 0.5) is 0 Å². The number of hydrogen-bond acceptors (Lipinski definition) is 1. The van der Waals surface area contributed by atoms with Gasteiger partial charge in [0.25, 0.3) is 5.91 Å². The van der Waals surface area contributed by atoms with E-state index < -0.39 is 0 Å². The van der Waals surface area contributed by atoms with E-state index >= 15 is 0 Å². The highest BCUT2D eigenvalue weighted by Crippen LogP contribution is 1.94. The van der Waals surface area contributed by atoms with Crippen LogP contribution < -0.4 is 5.32 Å². The summed E-state index contributed by atoms with van der Waals surface area (Å²) in [5.41, 5.74) is 0.645. The van der Waals surface area contributed by atoms with E-state index in [-0.39, 0.29) is 5.91 Å². The van der Waals surface area contributed by atoms with E-state index in [1.165, 1.54) is 0 Å². The molecule has 1 aromatic rings. The van der Waals surface area contributed by atoms with Crippen LogP contribution >= 0.6 is 0 Å². The van der Waals surface area contributed by atoms with E-state index in [2.05, 4.69) is 16.9 Å². The van der Waals surface area contributed by atoms with Gasteiger partial charge in [-0.15, -0.1) is 6.58 Å². The van der Waals surface area contributed by atoms with Gasteiger partial charge < -0.3 is 10.3 Å². The molecule has 0 fully saturated rings. The van der Waals surface area contributed by atoms with Crippen LogP contribution in [0.3, 0.4) is 0 Å². The van der Waals surface area contributed by atoms with E-state index in [1.807, 2.05) is 0 Å². The molecule has 58 valence electrons. The number of amides is 1. The van der Waals surface area contributed by atoms with Gasteiger partial charge in [-0.25, -0.2) is 0 Å². The zero-order chi connectivity index (χ0) is 8.10. The highest BCUT2D eigenvalue weighted by atomic mass is 16.1. The summed E-state index contributed by atoms with van der Waals surface area (Å²) in [6.45, 7) is 4.00. The number of aromatic amines is 1. The Morgan fingerprint density at radius 2 is 2.64 bits per heavy atom. The normalized spacial score (nSPS) is 9.09. The Morgan fingerprint density at radius 1 is 1.82 bits per heavy atom. The molecular formula is C8H10N2O. The molecule has 0 aliphatic rings. The van der Waals surface area contributed by atoms with Gasteiger partial charge in [0.1, 0.15) is 0 Å². The van der Waals surface area contributed by atoms with Crippen molar-refractivity contribution in [2.75, 3.05) is 6.54 Å². The number of carbonyl (C=O) groups excluding carboxylic acids is 1. The van der Waals surface area contributed by atoms with Gasteiger partial charge in [-0.2, -0.15) is 0 Å². The fourth-order valence-corrected chi connectivity index (χ4v) is 0.732. The summed E-state index contributed by atoms with van der Waals surface area (Å²) in [5.74, 6) is -0.0776. The second-order valence-corrected chi connectivity index (χ2v) is 2.10. The first-order valence-corrected chi connectivity index (χ1v) is 3.36. The lowest BCUT2D eigenvalue weighted by Gasteiger charge is -1.97. The van der Waals surface area contributed by atoms with E-state index in [0.717, 1.165) is 0 Å². The van der Waals surface area contributed by atoms with Crippen LogP contribution in [0.1, 0.15) is 10.4 Å². The molecule has 0 spiro atoms. The quantitative estimate of drug-likeness (QED) is 0.618. The van der Waals surface area contributed by atoms with Gasteiger partial charge >= 0.3 is 0 Å². The minimum atomic E-state index is -0.0776. The maximum atomic E-state index is 11.1. The Kier molecular flexibility index (Phi) is 2.49. The molecule has 1 rings (SSSR count). The zero-order valence-corrected chi connectivity index (χ0v) is 6.13. The second kappa shape index (κ2) is 3.61. The number of H-pyrrole nitrogens is 1. The van der Waals surface area contributed by atoms with Crippen molar-refractivity contribution < 1.29 is 4.79 Å². The lowest BCUT2D eigenvalue weighted by molar-refractivity contribution is 0.0958. The van der Waals surface area contributed by atoms with Gasteiger partial charge in [0.05, 0.1) is 5.56 Å². The van der Waals surface area contributed by atoms with Crippen molar-refractivity contribution in [2.24, 2.45) is 0 Å². The summed E-state index contributed by atoms with van der Waals surface area (Å²) in [7, 11) is 0. The van der Waals surface area contributed by atoms with E-state index in [9.17, 15) is 4.79 Å². The summed E-state index contributed by atoms with van der Waals surface area (Å²) in [6.07, 6.45) is 5.01. The van der Waals surface area contributed by atoms with Crippen LogP contribution in [0.5, 0.6) is 0 Å².